The molecule has 6 heteroatoms. The lowest BCUT2D eigenvalue weighted by Crippen LogP contribution is -2.25. The number of rotatable bonds is 7. The number of nitrogens with two attached hydrogens (primary N) is 1. The molecule has 5 nitrogen and oxygen atoms in total. The first-order valence-electron chi connectivity index (χ1n) is 7.77. The molecule has 0 bridgehead atoms. The van der Waals surface area contributed by atoms with Crippen LogP contribution in [0.25, 0.3) is 0 Å². The maximum atomic E-state index is 11.5. The van der Waals surface area contributed by atoms with Crippen LogP contribution in [-0.4, -0.2) is 34.0 Å². The summed E-state index contributed by atoms with van der Waals surface area (Å²) < 4.78 is 28.1. The molecule has 0 aliphatic heterocycles. The molecule has 0 radical (unpaired) electrons. The highest BCUT2D eigenvalue weighted by atomic mass is 32.2. The van der Waals surface area contributed by atoms with Crippen molar-refractivity contribution in [2.75, 3.05) is 20.7 Å². The molecule has 0 spiro atoms. The first-order valence-corrected chi connectivity index (χ1v) is 9.32. The van der Waals surface area contributed by atoms with Crippen LogP contribution in [0.1, 0.15) is 24.1 Å². The van der Waals surface area contributed by atoms with Crippen molar-refractivity contribution >= 4 is 10.0 Å². The average Bonchev–Trinajstić information content (AvgIpc) is 2.58. The monoisotopic (exact) mass is 348 g/mol. The molecular weight excluding hydrogens is 324 g/mol. The predicted octanol–water partition coefficient (Wildman–Crippen LogP) is 2.58. The molecule has 0 unspecified atom stereocenters. The molecule has 130 valence electrons. The number of hydrogen-bond donors (Lipinski definition) is 1. The Kier molecular flexibility index (Phi) is 5.99. The summed E-state index contributed by atoms with van der Waals surface area (Å²) >= 11 is 0. The second-order valence-electron chi connectivity index (χ2n) is 5.87. The highest BCUT2D eigenvalue weighted by Gasteiger charge is 2.15. The summed E-state index contributed by atoms with van der Waals surface area (Å²) in [5, 5.41) is 5.21. The van der Waals surface area contributed by atoms with E-state index in [4.69, 9.17) is 9.88 Å². The Labute approximate surface area is 144 Å². The molecule has 1 atom stereocenters. The summed E-state index contributed by atoms with van der Waals surface area (Å²) in [6.45, 7) is 2.91. The molecule has 0 amide bonds. The topological polar surface area (TPSA) is 72.6 Å². The molecule has 0 heterocycles. The predicted molar refractivity (Wildman–Crippen MR) is 95.6 cm³/mol. The number of ether oxygens (including phenoxy) is 1. The van der Waals surface area contributed by atoms with Crippen molar-refractivity contribution in [3.05, 3.63) is 59.7 Å². The second kappa shape index (κ2) is 7.79. The molecular formula is C18H24N2O3S. The summed E-state index contributed by atoms with van der Waals surface area (Å²) in [6.07, 6.45) is 0.902. The number of nitrogens with zero attached hydrogens (tertiary/aromatic N) is 1. The molecule has 0 saturated heterocycles. The van der Waals surface area contributed by atoms with E-state index < -0.39 is 10.0 Å². The van der Waals surface area contributed by atoms with Gasteiger partial charge in [-0.15, -0.1) is 0 Å². The lowest BCUT2D eigenvalue weighted by atomic mass is 10.1. The van der Waals surface area contributed by atoms with E-state index in [2.05, 4.69) is 24.0 Å². The van der Waals surface area contributed by atoms with Gasteiger partial charge in [0.1, 0.15) is 5.75 Å². The van der Waals surface area contributed by atoms with Gasteiger partial charge in [-0.2, -0.15) is 0 Å². The van der Waals surface area contributed by atoms with Crippen molar-refractivity contribution in [3.8, 4) is 5.75 Å². The minimum Gasteiger partial charge on any atom is -0.497 e. The number of hydrogen-bond acceptors (Lipinski definition) is 4. The van der Waals surface area contributed by atoms with E-state index in [1.165, 1.54) is 11.6 Å². The Morgan fingerprint density at radius 3 is 2.42 bits per heavy atom. The van der Waals surface area contributed by atoms with E-state index >= 15 is 0 Å². The average molecular weight is 348 g/mol. The fraction of sp³-hybridized carbons (Fsp3) is 0.333. The normalized spacial score (nSPS) is 13.0. The van der Waals surface area contributed by atoms with Gasteiger partial charge in [0, 0.05) is 12.6 Å². The maximum Gasteiger partial charge on any atom is 0.238 e. The molecule has 0 aliphatic rings. The van der Waals surface area contributed by atoms with Crippen LogP contribution < -0.4 is 9.88 Å². The van der Waals surface area contributed by atoms with Gasteiger partial charge in [0.2, 0.25) is 10.0 Å². The maximum absolute atomic E-state index is 11.5. The summed E-state index contributed by atoms with van der Waals surface area (Å²) in [7, 11) is 0.00168. The van der Waals surface area contributed by atoms with Crippen LogP contribution >= 0.6 is 0 Å². The van der Waals surface area contributed by atoms with Gasteiger partial charge in [0.15, 0.2) is 0 Å². The Hall–Kier alpha value is -1.89. The molecule has 24 heavy (non-hydrogen) atoms. The molecule has 2 aromatic rings. The van der Waals surface area contributed by atoms with Crippen LogP contribution in [0.15, 0.2) is 53.4 Å². The minimum atomic E-state index is -3.68. The van der Waals surface area contributed by atoms with E-state index in [9.17, 15) is 8.42 Å². The van der Waals surface area contributed by atoms with Gasteiger partial charge in [-0.3, -0.25) is 4.90 Å². The summed E-state index contributed by atoms with van der Waals surface area (Å²) in [5.74, 6) is 0.847. The Morgan fingerprint density at radius 2 is 1.83 bits per heavy atom. The van der Waals surface area contributed by atoms with Gasteiger partial charge >= 0.3 is 0 Å². The van der Waals surface area contributed by atoms with Crippen molar-refractivity contribution < 1.29 is 13.2 Å². The zero-order valence-electron chi connectivity index (χ0n) is 14.3. The third-order valence-electron chi connectivity index (χ3n) is 4.24. The van der Waals surface area contributed by atoms with Crippen LogP contribution in [0.4, 0.5) is 0 Å². The van der Waals surface area contributed by atoms with Crippen LogP contribution in [0.5, 0.6) is 5.75 Å². The Balaban J connectivity index is 2.02. The smallest absolute Gasteiger partial charge is 0.238 e. The van der Waals surface area contributed by atoms with Crippen molar-refractivity contribution in [1.82, 2.24) is 4.90 Å². The third-order valence-corrected chi connectivity index (χ3v) is 5.15. The summed E-state index contributed by atoms with van der Waals surface area (Å²) in [5.41, 5.74) is 2.16. The first-order chi connectivity index (χ1) is 11.3. The van der Waals surface area contributed by atoms with E-state index in [-0.39, 0.29) is 10.9 Å². The SMILES string of the molecule is COc1ccc(CCN(C)[C@H](C)c2cccc(S(N)(=O)=O)c2)cc1. The van der Waals surface area contributed by atoms with E-state index in [1.54, 1.807) is 19.2 Å². The fourth-order valence-electron chi connectivity index (χ4n) is 2.50. The molecule has 0 saturated carbocycles. The van der Waals surface area contributed by atoms with Crippen LogP contribution in [0.3, 0.4) is 0 Å². The standard InChI is InChI=1S/C18H24N2O3S/c1-14(16-5-4-6-18(13-16)24(19,21)22)20(2)12-11-15-7-9-17(23-3)10-8-15/h4-10,13-14H,11-12H2,1-3H3,(H2,19,21,22)/t14-/m1/s1. The summed E-state index contributed by atoms with van der Waals surface area (Å²) in [6, 6.07) is 14.9. The highest BCUT2D eigenvalue weighted by molar-refractivity contribution is 7.89. The van der Waals surface area contributed by atoms with Crippen LogP contribution in [0, 0.1) is 0 Å². The van der Waals surface area contributed by atoms with Gasteiger partial charge in [-0.25, -0.2) is 13.6 Å². The largest absolute Gasteiger partial charge is 0.497 e. The number of methoxy groups -OCH3 is 1. The lowest BCUT2D eigenvalue weighted by Gasteiger charge is -2.25. The number of likely N-dealkylation sites (N-methyl/N-ethyl adjacent to an activating group) is 1. The number of sulfonamides is 1. The van der Waals surface area contributed by atoms with Gasteiger partial charge in [0.25, 0.3) is 0 Å². The third kappa shape index (κ3) is 4.80. The first kappa shape index (κ1) is 18.4. The zero-order valence-corrected chi connectivity index (χ0v) is 15.1. The van der Waals surface area contributed by atoms with Gasteiger partial charge in [-0.1, -0.05) is 24.3 Å². The van der Waals surface area contributed by atoms with Gasteiger partial charge < -0.3 is 4.74 Å². The van der Waals surface area contributed by atoms with Crippen LogP contribution in [0.2, 0.25) is 0 Å². The van der Waals surface area contributed by atoms with E-state index in [0.29, 0.717) is 0 Å². The fourth-order valence-corrected chi connectivity index (χ4v) is 3.07. The molecule has 2 rings (SSSR count). The molecule has 0 aromatic heterocycles. The molecule has 0 aliphatic carbocycles. The van der Waals surface area contributed by atoms with Crippen molar-refractivity contribution in [1.29, 1.82) is 0 Å². The van der Waals surface area contributed by atoms with E-state index in [1.807, 2.05) is 25.2 Å². The second-order valence-corrected chi connectivity index (χ2v) is 7.43. The van der Waals surface area contributed by atoms with Crippen molar-refractivity contribution in [2.24, 2.45) is 5.14 Å². The van der Waals surface area contributed by atoms with Gasteiger partial charge in [-0.05, 0) is 55.8 Å². The lowest BCUT2D eigenvalue weighted by molar-refractivity contribution is 0.264. The quantitative estimate of drug-likeness (QED) is 0.835. The Bertz CT molecular complexity index is 773. The zero-order chi connectivity index (χ0) is 17.7. The number of primary sulfonamides is 1. The molecule has 2 aromatic carbocycles. The minimum absolute atomic E-state index is 0.0879. The Morgan fingerprint density at radius 1 is 1.17 bits per heavy atom. The van der Waals surface area contributed by atoms with Crippen molar-refractivity contribution in [2.45, 2.75) is 24.3 Å². The van der Waals surface area contributed by atoms with Crippen LogP contribution in [-0.2, 0) is 16.4 Å². The van der Waals surface area contributed by atoms with E-state index in [0.717, 1.165) is 24.3 Å². The molecule has 2 N–H and O–H groups in total. The summed E-state index contributed by atoms with van der Waals surface area (Å²) in [4.78, 5) is 2.34. The van der Waals surface area contributed by atoms with Crippen molar-refractivity contribution in [3.63, 3.8) is 0 Å². The van der Waals surface area contributed by atoms with Gasteiger partial charge in [0.05, 0.1) is 12.0 Å². The number of benzene rings is 2. The highest BCUT2D eigenvalue weighted by Crippen LogP contribution is 2.22. The molecule has 0 fully saturated rings.